The molecule has 1 aromatic rings. The Bertz CT molecular complexity index is 493. The number of esters is 1. The SMILES string of the molecule is COC(=O)CC[C@H]1CNc2cc(C#N)ccc2O1. The van der Waals surface area contributed by atoms with E-state index in [2.05, 4.69) is 16.1 Å². The molecule has 0 saturated heterocycles. The molecule has 18 heavy (non-hydrogen) atoms. The van der Waals surface area contributed by atoms with Gasteiger partial charge in [0.25, 0.3) is 0 Å². The van der Waals surface area contributed by atoms with E-state index >= 15 is 0 Å². The van der Waals surface area contributed by atoms with Crippen molar-refractivity contribution in [1.29, 1.82) is 5.26 Å². The van der Waals surface area contributed by atoms with Gasteiger partial charge >= 0.3 is 5.97 Å². The number of nitrogens with one attached hydrogen (secondary N) is 1. The van der Waals surface area contributed by atoms with E-state index < -0.39 is 0 Å². The van der Waals surface area contributed by atoms with Gasteiger partial charge in [-0.3, -0.25) is 4.79 Å². The van der Waals surface area contributed by atoms with Gasteiger partial charge in [-0.25, -0.2) is 0 Å². The van der Waals surface area contributed by atoms with E-state index in [1.807, 2.05) is 0 Å². The minimum atomic E-state index is -0.232. The third-order valence-corrected chi connectivity index (χ3v) is 2.82. The van der Waals surface area contributed by atoms with Crippen LogP contribution in [0.4, 0.5) is 5.69 Å². The van der Waals surface area contributed by atoms with Crippen LogP contribution in [0.15, 0.2) is 18.2 Å². The molecule has 0 bridgehead atoms. The van der Waals surface area contributed by atoms with Crippen molar-refractivity contribution in [3.63, 3.8) is 0 Å². The minimum Gasteiger partial charge on any atom is -0.486 e. The summed E-state index contributed by atoms with van der Waals surface area (Å²) >= 11 is 0. The maximum Gasteiger partial charge on any atom is 0.305 e. The van der Waals surface area contributed by atoms with Gasteiger partial charge in [0, 0.05) is 6.42 Å². The molecule has 0 radical (unpaired) electrons. The molecule has 0 fully saturated rings. The first-order valence-corrected chi connectivity index (χ1v) is 5.74. The number of hydrogen-bond donors (Lipinski definition) is 1. The van der Waals surface area contributed by atoms with Crippen LogP contribution in [0.2, 0.25) is 0 Å². The molecule has 1 heterocycles. The van der Waals surface area contributed by atoms with Gasteiger partial charge in [0.1, 0.15) is 11.9 Å². The van der Waals surface area contributed by atoms with Crippen LogP contribution in [0.1, 0.15) is 18.4 Å². The maximum absolute atomic E-state index is 11.0. The van der Waals surface area contributed by atoms with Crippen molar-refractivity contribution < 1.29 is 14.3 Å². The molecule has 2 rings (SSSR count). The van der Waals surface area contributed by atoms with Crippen LogP contribution in [0.5, 0.6) is 5.75 Å². The lowest BCUT2D eigenvalue weighted by atomic mass is 10.1. The first-order valence-electron chi connectivity index (χ1n) is 5.74. The van der Waals surface area contributed by atoms with E-state index in [9.17, 15) is 4.79 Å². The zero-order chi connectivity index (χ0) is 13.0. The number of fused-ring (bicyclic) bond motifs is 1. The van der Waals surface area contributed by atoms with E-state index in [0.29, 0.717) is 24.9 Å². The van der Waals surface area contributed by atoms with Crippen molar-refractivity contribution in [2.24, 2.45) is 0 Å². The molecule has 0 saturated carbocycles. The van der Waals surface area contributed by atoms with Crippen LogP contribution in [-0.4, -0.2) is 25.7 Å². The number of hydrogen-bond acceptors (Lipinski definition) is 5. The number of benzene rings is 1. The van der Waals surface area contributed by atoms with Gasteiger partial charge in [-0.15, -0.1) is 0 Å². The van der Waals surface area contributed by atoms with Crippen LogP contribution in [0.3, 0.4) is 0 Å². The molecule has 0 aliphatic carbocycles. The molecule has 5 heteroatoms. The largest absolute Gasteiger partial charge is 0.486 e. The van der Waals surface area contributed by atoms with Crippen molar-refractivity contribution in [3.8, 4) is 11.8 Å². The fraction of sp³-hybridized carbons (Fsp3) is 0.385. The van der Waals surface area contributed by atoms with Crippen LogP contribution >= 0.6 is 0 Å². The highest BCUT2D eigenvalue weighted by molar-refractivity contribution is 5.69. The third kappa shape index (κ3) is 2.72. The van der Waals surface area contributed by atoms with Crippen molar-refractivity contribution in [2.75, 3.05) is 19.0 Å². The van der Waals surface area contributed by atoms with Crippen LogP contribution < -0.4 is 10.1 Å². The maximum atomic E-state index is 11.0. The molecule has 1 aromatic carbocycles. The van der Waals surface area contributed by atoms with Crippen LogP contribution in [-0.2, 0) is 9.53 Å². The molecule has 0 amide bonds. The summed E-state index contributed by atoms with van der Waals surface area (Å²) in [5, 5.41) is 12.0. The second-order valence-corrected chi connectivity index (χ2v) is 4.06. The fourth-order valence-electron chi connectivity index (χ4n) is 1.83. The van der Waals surface area contributed by atoms with Gasteiger partial charge in [0.2, 0.25) is 0 Å². The van der Waals surface area contributed by atoms with Gasteiger partial charge in [-0.05, 0) is 24.6 Å². The summed E-state index contributed by atoms with van der Waals surface area (Å²) in [7, 11) is 1.38. The molecule has 94 valence electrons. The summed E-state index contributed by atoms with van der Waals surface area (Å²) < 4.78 is 10.3. The highest BCUT2D eigenvalue weighted by Crippen LogP contribution is 2.30. The number of ether oxygens (including phenoxy) is 2. The Kier molecular flexibility index (Phi) is 3.68. The summed E-state index contributed by atoms with van der Waals surface area (Å²) in [5.41, 5.74) is 1.42. The van der Waals surface area contributed by atoms with Gasteiger partial charge in [0.05, 0.1) is 31.0 Å². The second-order valence-electron chi connectivity index (χ2n) is 4.06. The Hall–Kier alpha value is -2.22. The smallest absolute Gasteiger partial charge is 0.305 e. The zero-order valence-electron chi connectivity index (χ0n) is 10.1. The monoisotopic (exact) mass is 246 g/mol. The standard InChI is InChI=1S/C13H14N2O3/c1-17-13(16)5-3-10-8-15-11-6-9(7-14)2-4-12(11)18-10/h2,4,6,10,15H,3,5,8H2,1H3/t10-/m0/s1. The van der Waals surface area contributed by atoms with E-state index in [1.165, 1.54) is 7.11 Å². The lowest BCUT2D eigenvalue weighted by Crippen LogP contribution is -2.31. The van der Waals surface area contributed by atoms with Crippen LogP contribution in [0, 0.1) is 11.3 Å². The molecular weight excluding hydrogens is 232 g/mol. The first-order chi connectivity index (χ1) is 8.72. The zero-order valence-corrected chi connectivity index (χ0v) is 10.1. The number of rotatable bonds is 3. The Morgan fingerprint density at radius 2 is 2.50 bits per heavy atom. The van der Waals surface area contributed by atoms with E-state index in [1.54, 1.807) is 18.2 Å². The normalized spacial score (nSPS) is 16.8. The Morgan fingerprint density at radius 3 is 3.22 bits per heavy atom. The highest BCUT2D eigenvalue weighted by Gasteiger charge is 2.20. The van der Waals surface area contributed by atoms with Crippen molar-refractivity contribution in [2.45, 2.75) is 18.9 Å². The average molecular weight is 246 g/mol. The summed E-state index contributed by atoms with van der Waals surface area (Å²) in [6.07, 6.45) is 0.901. The Balaban J connectivity index is 1.98. The second kappa shape index (κ2) is 5.41. The van der Waals surface area contributed by atoms with E-state index in [-0.39, 0.29) is 12.1 Å². The van der Waals surface area contributed by atoms with Crippen molar-refractivity contribution >= 4 is 11.7 Å². The minimum absolute atomic E-state index is 0.0514. The lowest BCUT2D eigenvalue weighted by molar-refractivity contribution is -0.141. The predicted octanol–water partition coefficient (Wildman–Crippen LogP) is 1.68. The molecule has 1 N–H and O–H groups in total. The predicted molar refractivity (Wildman–Crippen MR) is 65.3 cm³/mol. The van der Waals surface area contributed by atoms with Gasteiger partial charge in [0.15, 0.2) is 0 Å². The third-order valence-electron chi connectivity index (χ3n) is 2.82. The van der Waals surface area contributed by atoms with Crippen molar-refractivity contribution in [3.05, 3.63) is 23.8 Å². The summed E-state index contributed by atoms with van der Waals surface area (Å²) in [5.74, 6) is 0.486. The number of carbonyl (C=O) groups excluding carboxylic acids is 1. The van der Waals surface area contributed by atoms with Gasteiger partial charge in [-0.2, -0.15) is 5.26 Å². The average Bonchev–Trinajstić information content (AvgIpc) is 2.43. The number of carbonyl (C=O) groups is 1. The number of nitriles is 1. The molecule has 0 unspecified atom stereocenters. The van der Waals surface area contributed by atoms with Crippen LogP contribution in [0.25, 0.3) is 0 Å². The summed E-state index contributed by atoms with van der Waals surface area (Å²) in [4.78, 5) is 11.0. The molecule has 5 nitrogen and oxygen atoms in total. The van der Waals surface area contributed by atoms with Crippen molar-refractivity contribution in [1.82, 2.24) is 0 Å². The molecular formula is C13H14N2O3. The summed E-state index contributed by atoms with van der Waals surface area (Å²) in [6, 6.07) is 7.32. The molecule has 1 aliphatic rings. The molecule has 0 aromatic heterocycles. The molecule has 1 atom stereocenters. The quantitative estimate of drug-likeness (QED) is 0.821. The molecule has 0 spiro atoms. The van der Waals surface area contributed by atoms with Gasteiger partial charge in [-0.1, -0.05) is 0 Å². The number of nitrogens with zero attached hydrogens (tertiary/aromatic N) is 1. The number of anilines is 1. The Labute approximate surface area is 105 Å². The molecule has 1 aliphatic heterocycles. The number of methoxy groups -OCH3 is 1. The topological polar surface area (TPSA) is 71.3 Å². The first kappa shape index (κ1) is 12.2. The highest BCUT2D eigenvalue weighted by atomic mass is 16.5. The Morgan fingerprint density at radius 1 is 1.67 bits per heavy atom. The van der Waals surface area contributed by atoms with Gasteiger partial charge < -0.3 is 14.8 Å². The van der Waals surface area contributed by atoms with E-state index in [4.69, 9.17) is 10.00 Å². The van der Waals surface area contributed by atoms with E-state index in [0.717, 1.165) is 11.4 Å². The summed E-state index contributed by atoms with van der Waals surface area (Å²) in [6.45, 7) is 0.624. The fourth-order valence-corrected chi connectivity index (χ4v) is 1.83. The lowest BCUT2D eigenvalue weighted by Gasteiger charge is -2.27.